The van der Waals surface area contributed by atoms with E-state index in [2.05, 4.69) is 10.4 Å². The second-order valence-corrected chi connectivity index (χ2v) is 4.82. The van der Waals surface area contributed by atoms with Crippen LogP contribution in [0.15, 0.2) is 48.5 Å². The Morgan fingerprint density at radius 2 is 1.91 bits per heavy atom. The molecule has 0 radical (unpaired) electrons. The van der Waals surface area contributed by atoms with Crippen molar-refractivity contribution in [3.8, 4) is 16.9 Å². The fourth-order valence-electron chi connectivity index (χ4n) is 2.37. The van der Waals surface area contributed by atoms with Gasteiger partial charge in [0.2, 0.25) is 0 Å². The minimum atomic E-state index is -0.279. The van der Waals surface area contributed by atoms with Crippen LogP contribution in [-0.4, -0.2) is 11.6 Å². The zero-order chi connectivity index (χ0) is 15.5. The standard InChI is InChI=1S/C17H16FN3O/c1-2-22-14-7-8-16-12(9-14)10-15(17(20-16)21-19)11-3-5-13(18)6-4-11/h3-10H,2,19H2,1H3,(H,20,21). The number of pyridine rings is 1. The summed E-state index contributed by atoms with van der Waals surface area (Å²) >= 11 is 0. The van der Waals surface area contributed by atoms with Gasteiger partial charge in [-0.25, -0.2) is 15.2 Å². The summed E-state index contributed by atoms with van der Waals surface area (Å²) < 4.78 is 18.6. The summed E-state index contributed by atoms with van der Waals surface area (Å²) in [5.74, 6) is 6.63. The van der Waals surface area contributed by atoms with E-state index in [0.717, 1.165) is 27.8 Å². The first-order valence-electron chi connectivity index (χ1n) is 7.01. The molecule has 4 nitrogen and oxygen atoms in total. The maximum Gasteiger partial charge on any atom is 0.148 e. The van der Waals surface area contributed by atoms with Crippen LogP contribution >= 0.6 is 0 Å². The molecule has 0 unspecified atom stereocenters. The van der Waals surface area contributed by atoms with Crippen molar-refractivity contribution in [2.45, 2.75) is 6.92 Å². The summed E-state index contributed by atoms with van der Waals surface area (Å²) in [7, 11) is 0. The van der Waals surface area contributed by atoms with Crippen molar-refractivity contribution >= 4 is 16.7 Å². The minimum Gasteiger partial charge on any atom is -0.494 e. The molecule has 0 aliphatic heterocycles. The van der Waals surface area contributed by atoms with Gasteiger partial charge in [0, 0.05) is 10.9 Å². The number of nitrogens with zero attached hydrogens (tertiary/aromatic N) is 1. The molecular weight excluding hydrogens is 281 g/mol. The van der Waals surface area contributed by atoms with Gasteiger partial charge < -0.3 is 10.2 Å². The maximum atomic E-state index is 13.1. The molecule has 1 aromatic heterocycles. The molecule has 22 heavy (non-hydrogen) atoms. The Hall–Kier alpha value is -2.66. The van der Waals surface area contributed by atoms with Crippen molar-refractivity contribution in [2.75, 3.05) is 12.0 Å². The number of aromatic nitrogens is 1. The fraction of sp³-hybridized carbons (Fsp3) is 0.118. The fourth-order valence-corrected chi connectivity index (χ4v) is 2.37. The van der Waals surface area contributed by atoms with Crippen molar-refractivity contribution in [3.05, 3.63) is 54.3 Å². The first kappa shape index (κ1) is 14.3. The number of hydrazine groups is 1. The van der Waals surface area contributed by atoms with E-state index >= 15 is 0 Å². The van der Waals surface area contributed by atoms with Crippen molar-refractivity contribution in [2.24, 2.45) is 5.84 Å². The molecule has 0 fully saturated rings. The van der Waals surface area contributed by atoms with Gasteiger partial charge in [0.05, 0.1) is 12.1 Å². The molecule has 1 heterocycles. The van der Waals surface area contributed by atoms with Gasteiger partial charge in [-0.05, 0) is 48.9 Å². The number of nitrogens with one attached hydrogen (secondary N) is 1. The Balaban J connectivity index is 2.16. The molecule has 0 aliphatic carbocycles. The van der Waals surface area contributed by atoms with E-state index in [9.17, 15) is 4.39 Å². The number of hydrogen-bond donors (Lipinski definition) is 2. The normalized spacial score (nSPS) is 10.7. The number of nitrogen functional groups attached to an aromatic ring is 1. The highest BCUT2D eigenvalue weighted by Crippen LogP contribution is 2.31. The highest BCUT2D eigenvalue weighted by molar-refractivity contribution is 5.90. The lowest BCUT2D eigenvalue weighted by Crippen LogP contribution is -2.10. The van der Waals surface area contributed by atoms with Crippen LogP contribution in [0.4, 0.5) is 10.2 Å². The highest BCUT2D eigenvalue weighted by atomic mass is 19.1. The SMILES string of the molecule is CCOc1ccc2nc(NN)c(-c3ccc(F)cc3)cc2c1. The third-order valence-corrected chi connectivity index (χ3v) is 3.39. The Labute approximate surface area is 127 Å². The first-order chi connectivity index (χ1) is 10.7. The van der Waals surface area contributed by atoms with Crippen LogP contribution in [0.1, 0.15) is 6.92 Å². The van der Waals surface area contributed by atoms with Crippen LogP contribution in [0.2, 0.25) is 0 Å². The highest BCUT2D eigenvalue weighted by Gasteiger charge is 2.09. The molecule has 2 aromatic carbocycles. The van der Waals surface area contributed by atoms with Gasteiger partial charge in [-0.2, -0.15) is 0 Å². The monoisotopic (exact) mass is 297 g/mol. The molecule has 5 heteroatoms. The van der Waals surface area contributed by atoms with E-state index in [1.807, 2.05) is 31.2 Å². The molecule has 0 spiro atoms. The van der Waals surface area contributed by atoms with E-state index in [1.54, 1.807) is 12.1 Å². The number of halogens is 1. The molecule has 3 rings (SSSR count). The van der Waals surface area contributed by atoms with Crippen molar-refractivity contribution < 1.29 is 9.13 Å². The van der Waals surface area contributed by atoms with Crippen molar-refractivity contribution in [1.29, 1.82) is 0 Å². The Kier molecular flexibility index (Phi) is 3.89. The number of ether oxygens (including phenoxy) is 1. The van der Waals surface area contributed by atoms with Gasteiger partial charge in [-0.3, -0.25) is 0 Å². The van der Waals surface area contributed by atoms with Crippen LogP contribution in [-0.2, 0) is 0 Å². The summed E-state index contributed by atoms with van der Waals surface area (Å²) in [6.07, 6.45) is 0. The van der Waals surface area contributed by atoms with Gasteiger partial charge >= 0.3 is 0 Å². The van der Waals surface area contributed by atoms with E-state index in [1.165, 1.54) is 12.1 Å². The first-order valence-corrected chi connectivity index (χ1v) is 7.01. The molecule has 3 aromatic rings. The number of benzene rings is 2. The average molecular weight is 297 g/mol. The quantitative estimate of drug-likeness (QED) is 0.569. The number of rotatable bonds is 4. The second-order valence-electron chi connectivity index (χ2n) is 4.82. The van der Waals surface area contributed by atoms with Gasteiger partial charge in [-0.15, -0.1) is 0 Å². The number of nitrogens with two attached hydrogens (primary N) is 1. The predicted octanol–water partition coefficient (Wildman–Crippen LogP) is 3.73. The number of fused-ring (bicyclic) bond motifs is 1. The van der Waals surface area contributed by atoms with Gasteiger partial charge in [-0.1, -0.05) is 12.1 Å². The lowest BCUT2D eigenvalue weighted by Gasteiger charge is -2.11. The number of hydrogen-bond acceptors (Lipinski definition) is 4. The Morgan fingerprint density at radius 3 is 2.59 bits per heavy atom. The van der Waals surface area contributed by atoms with Gasteiger partial charge in [0.1, 0.15) is 17.4 Å². The molecule has 0 saturated carbocycles. The predicted molar refractivity (Wildman–Crippen MR) is 86.1 cm³/mol. The Bertz CT molecular complexity index is 803. The zero-order valence-corrected chi connectivity index (χ0v) is 12.1. The summed E-state index contributed by atoms with van der Waals surface area (Å²) in [6.45, 7) is 2.54. The smallest absolute Gasteiger partial charge is 0.148 e. The minimum absolute atomic E-state index is 0.279. The zero-order valence-electron chi connectivity index (χ0n) is 12.1. The average Bonchev–Trinajstić information content (AvgIpc) is 2.54. The third kappa shape index (κ3) is 2.71. The van der Waals surface area contributed by atoms with Gasteiger partial charge in [0.15, 0.2) is 0 Å². The summed E-state index contributed by atoms with van der Waals surface area (Å²) in [5, 5.41) is 0.935. The van der Waals surface area contributed by atoms with Crippen LogP contribution in [0.5, 0.6) is 5.75 Å². The molecule has 0 saturated heterocycles. The maximum absolute atomic E-state index is 13.1. The largest absolute Gasteiger partial charge is 0.494 e. The van der Waals surface area contributed by atoms with Crippen LogP contribution in [0.3, 0.4) is 0 Å². The van der Waals surface area contributed by atoms with Crippen LogP contribution in [0.25, 0.3) is 22.0 Å². The van der Waals surface area contributed by atoms with Crippen molar-refractivity contribution in [1.82, 2.24) is 4.98 Å². The number of anilines is 1. The van der Waals surface area contributed by atoms with Crippen LogP contribution in [0, 0.1) is 5.82 Å². The Morgan fingerprint density at radius 1 is 1.14 bits per heavy atom. The van der Waals surface area contributed by atoms with E-state index in [-0.39, 0.29) is 5.82 Å². The third-order valence-electron chi connectivity index (χ3n) is 3.39. The molecule has 3 N–H and O–H groups in total. The molecule has 0 aliphatic rings. The van der Waals surface area contributed by atoms with Gasteiger partial charge in [0.25, 0.3) is 0 Å². The summed E-state index contributed by atoms with van der Waals surface area (Å²) in [5.41, 5.74) is 5.06. The molecule has 0 amide bonds. The lowest BCUT2D eigenvalue weighted by molar-refractivity contribution is 0.340. The molecular formula is C17H16FN3O. The molecule has 0 bridgehead atoms. The summed E-state index contributed by atoms with van der Waals surface area (Å²) in [4.78, 5) is 4.51. The molecule has 112 valence electrons. The van der Waals surface area contributed by atoms with E-state index in [0.29, 0.717) is 12.4 Å². The van der Waals surface area contributed by atoms with E-state index < -0.39 is 0 Å². The second kappa shape index (κ2) is 5.99. The molecule has 0 atom stereocenters. The van der Waals surface area contributed by atoms with Crippen LogP contribution < -0.4 is 16.0 Å². The summed E-state index contributed by atoms with van der Waals surface area (Å²) in [6, 6.07) is 13.9. The lowest BCUT2D eigenvalue weighted by atomic mass is 10.0. The topological polar surface area (TPSA) is 60.2 Å². The van der Waals surface area contributed by atoms with E-state index in [4.69, 9.17) is 10.6 Å². The van der Waals surface area contributed by atoms with Crippen molar-refractivity contribution in [3.63, 3.8) is 0 Å².